The molecule has 1 aliphatic rings. The fourth-order valence-corrected chi connectivity index (χ4v) is 3.94. The Balaban J connectivity index is 1.43. The molecular weight excluding hydrogens is 462 g/mol. The van der Waals surface area contributed by atoms with Crippen LogP contribution in [0.2, 0.25) is 0 Å². The number of hydrogen-bond donors (Lipinski definition) is 3. The van der Waals surface area contributed by atoms with E-state index in [9.17, 15) is 14.4 Å². The third-order valence-electron chi connectivity index (χ3n) is 5.20. The largest absolute Gasteiger partial charge is 0.483 e. The third-order valence-corrected chi connectivity index (χ3v) is 5.70. The minimum atomic E-state index is -0.480. The molecule has 0 bridgehead atoms. The van der Waals surface area contributed by atoms with Gasteiger partial charge < -0.3 is 10.1 Å². The number of hydrazine groups is 1. The van der Waals surface area contributed by atoms with E-state index in [1.807, 2.05) is 19.1 Å². The number of halogens is 1. The Morgan fingerprint density at radius 2 is 1.71 bits per heavy atom. The van der Waals surface area contributed by atoms with Gasteiger partial charge in [0.15, 0.2) is 6.61 Å². The molecule has 31 heavy (non-hydrogen) atoms. The summed E-state index contributed by atoms with van der Waals surface area (Å²) in [6.45, 7) is 1.65. The summed E-state index contributed by atoms with van der Waals surface area (Å²) in [4.78, 5) is 36.5. The molecular formula is C23H26BrN3O4. The zero-order chi connectivity index (χ0) is 22.2. The number of ether oxygens (including phenoxy) is 1. The lowest BCUT2D eigenvalue weighted by atomic mass is 9.88. The minimum Gasteiger partial charge on any atom is -0.483 e. The number of hydrogen-bond acceptors (Lipinski definition) is 4. The maximum Gasteiger partial charge on any atom is 0.276 e. The van der Waals surface area contributed by atoms with Crippen molar-refractivity contribution in [3.05, 3.63) is 58.1 Å². The van der Waals surface area contributed by atoms with Crippen molar-refractivity contribution in [1.29, 1.82) is 0 Å². The van der Waals surface area contributed by atoms with Crippen molar-refractivity contribution < 1.29 is 19.1 Å². The summed E-state index contributed by atoms with van der Waals surface area (Å²) in [6.07, 6.45) is 5.24. The fraction of sp³-hybridized carbons (Fsp3) is 0.348. The number of rotatable bonds is 6. The summed E-state index contributed by atoms with van der Waals surface area (Å²) in [5.41, 5.74) is 6.59. The van der Waals surface area contributed by atoms with E-state index in [2.05, 4.69) is 32.1 Å². The number of carbonyl (C=O) groups excluding carboxylic acids is 3. The van der Waals surface area contributed by atoms with Crippen LogP contribution in [0.15, 0.2) is 46.9 Å². The van der Waals surface area contributed by atoms with E-state index in [1.54, 1.807) is 30.3 Å². The topological polar surface area (TPSA) is 96.5 Å². The second-order valence-electron chi connectivity index (χ2n) is 7.60. The number of aryl methyl sites for hydroxylation is 1. The number of amides is 3. The highest BCUT2D eigenvalue weighted by molar-refractivity contribution is 9.10. The number of benzene rings is 2. The molecule has 1 saturated carbocycles. The molecule has 3 rings (SSSR count). The first-order valence-electron chi connectivity index (χ1n) is 10.3. The molecule has 0 aliphatic heterocycles. The van der Waals surface area contributed by atoms with Gasteiger partial charge in [-0.25, -0.2) is 0 Å². The van der Waals surface area contributed by atoms with Gasteiger partial charge in [-0.2, -0.15) is 0 Å². The fourth-order valence-electron chi connectivity index (χ4n) is 3.47. The van der Waals surface area contributed by atoms with Gasteiger partial charge in [-0.1, -0.05) is 35.2 Å². The van der Waals surface area contributed by atoms with E-state index >= 15 is 0 Å². The predicted molar refractivity (Wildman–Crippen MR) is 122 cm³/mol. The molecule has 1 fully saturated rings. The lowest BCUT2D eigenvalue weighted by Crippen LogP contribution is -2.43. The Morgan fingerprint density at radius 1 is 1.00 bits per heavy atom. The van der Waals surface area contributed by atoms with Gasteiger partial charge >= 0.3 is 0 Å². The van der Waals surface area contributed by atoms with Crippen LogP contribution < -0.4 is 20.9 Å². The highest BCUT2D eigenvalue weighted by Crippen LogP contribution is 2.25. The normalized spacial score (nSPS) is 13.9. The number of carbonyl (C=O) groups is 3. The molecule has 0 atom stereocenters. The van der Waals surface area contributed by atoms with Crippen LogP contribution in [0.5, 0.6) is 5.75 Å². The van der Waals surface area contributed by atoms with Crippen LogP contribution in [0.3, 0.4) is 0 Å². The average Bonchev–Trinajstić information content (AvgIpc) is 2.78. The lowest BCUT2D eigenvalue weighted by Gasteiger charge is -2.20. The molecule has 0 radical (unpaired) electrons. The Hall–Kier alpha value is -2.87. The van der Waals surface area contributed by atoms with Gasteiger partial charge in [0.25, 0.3) is 11.8 Å². The second-order valence-corrected chi connectivity index (χ2v) is 8.52. The minimum absolute atomic E-state index is 0.0326. The van der Waals surface area contributed by atoms with E-state index in [0.29, 0.717) is 17.0 Å². The summed E-state index contributed by atoms with van der Waals surface area (Å²) in [7, 11) is 0. The van der Waals surface area contributed by atoms with Crippen molar-refractivity contribution in [3.8, 4) is 5.75 Å². The van der Waals surface area contributed by atoms with Gasteiger partial charge in [0.05, 0.1) is 0 Å². The van der Waals surface area contributed by atoms with Gasteiger partial charge in [-0.3, -0.25) is 25.2 Å². The number of anilines is 1. The molecule has 2 aromatic carbocycles. The summed E-state index contributed by atoms with van der Waals surface area (Å²) in [6, 6.07) is 12.0. The summed E-state index contributed by atoms with van der Waals surface area (Å²) >= 11 is 3.37. The first-order valence-corrected chi connectivity index (χ1v) is 11.1. The van der Waals surface area contributed by atoms with Crippen molar-refractivity contribution in [2.75, 3.05) is 11.9 Å². The maximum absolute atomic E-state index is 12.3. The first kappa shape index (κ1) is 22.8. The molecule has 8 heteroatoms. The molecule has 7 nitrogen and oxygen atoms in total. The summed E-state index contributed by atoms with van der Waals surface area (Å²) in [5, 5.41) is 2.91. The molecule has 0 saturated heterocycles. The Bertz CT molecular complexity index is 940. The lowest BCUT2D eigenvalue weighted by molar-refractivity contribution is -0.124. The molecule has 0 unspecified atom stereocenters. The molecule has 3 amide bonds. The zero-order valence-electron chi connectivity index (χ0n) is 17.4. The molecule has 0 heterocycles. The van der Waals surface area contributed by atoms with Crippen LogP contribution >= 0.6 is 15.9 Å². The quantitative estimate of drug-likeness (QED) is 0.534. The standard InChI is InChI=1S/C23H26BrN3O4/c1-15-13-18(24)9-12-20(15)31-14-21(28)26-27-23(30)17-7-10-19(11-8-17)25-22(29)16-5-3-2-4-6-16/h7-13,16H,2-6,14H2,1H3,(H,25,29)(H,26,28)(H,27,30). The maximum atomic E-state index is 12.3. The van der Waals surface area contributed by atoms with Gasteiger partial charge in [0.2, 0.25) is 5.91 Å². The van der Waals surface area contributed by atoms with Gasteiger partial charge in [-0.05, 0) is 67.8 Å². The van der Waals surface area contributed by atoms with Crippen molar-refractivity contribution >= 4 is 39.3 Å². The predicted octanol–water partition coefficient (Wildman–Crippen LogP) is 4.12. The van der Waals surface area contributed by atoms with E-state index < -0.39 is 11.8 Å². The number of nitrogens with one attached hydrogen (secondary N) is 3. The Morgan fingerprint density at radius 3 is 2.39 bits per heavy atom. The Kier molecular flexibility index (Phi) is 8.06. The van der Waals surface area contributed by atoms with Crippen LogP contribution in [0.25, 0.3) is 0 Å². The van der Waals surface area contributed by atoms with Crippen molar-refractivity contribution in [1.82, 2.24) is 10.9 Å². The van der Waals surface area contributed by atoms with E-state index in [4.69, 9.17) is 4.74 Å². The Labute approximate surface area is 190 Å². The molecule has 164 valence electrons. The van der Waals surface area contributed by atoms with Crippen LogP contribution in [0.1, 0.15) is 48.0 Å². The van der Waals surface area contributed by atoms with Gasteiger partial charge in [-0.15, -0.1) is 0 Å². The average molecular weight is 488 g/mol. The molecule has 1 aliphatic carbocycles. The second kappa shape index (κ2) is 10.9. The van der Waals surface area contributed by atoms with Crippen molar-refractivity contribution in [2.45, 2.75) is 39.0 Å². The smallest absolute Gasteiger partial charge is 0.276 e. The van der Waals surface area contributed by atoms with Crippen LogP contribution in [-0.2, 0) is 9.59 Å². The molecule has 2 aromatic rings. The van der Waals surface area contributed by atoms with Crippen LogP contribution in [0.4, 0.5) is 5.69 Å². The van der Waals surface area contributed by atoms with Gasteiger partial charge in [0.1, 0.15) is 5.75 Å². The third kappa shape index (κ3) is 6.82. The van der Waals surface area contributed by atoms with E-state index in [1.165, 1.54) is 6.42 Å². The summed E-state index contributed by atoms with van der Waals surface area (Å²) in [5.74, 6) is -0.249. The molecule has 3 N–H and O–H groups in total. The zero-order valence-corrected chi connectivity index (χ0v) is 19.0. The van der Waals surface area contributed by atoms with E-state index in [-0.39, 0.29) is 18.4 Å². The SMILES string of the molecule is Cc1cc(Br)ccc1OCC(=O)NNC(=O)c1ccc(NC(=O)C2CCCCC2)cc1. The molecule has 0 aromatic heterocycles. The first-order chi connectivity index (χ1) is 14.9. The van der Waals surface area contributed by atoms with Crippen molar-refractivity contribution in [3.63, 3.8) is 0 Å². The van der Waals surface area contributed by atoms with Crippen molar-refractivity contribution in [2.24, 2.45) is 5.92 Å². The van der Waals surface area contributed by atoms with Crippen LogP contribution in [0, 0.1) is 12.8 Å². The van der Waals surface area contributed by atoms with Gasteiger partial charge in [0, 0.05) is 21.6 Å². The van der Waals surface area contributed by atoms with Crippen LogP contribution in [-0.4, -0.2) is 24.3 Å². The highest BCUT2D eigenvalue weighted by Gasteiger charge is 2.21. The summed E-state index contributed by atoms with van der Waals surface area (Å²) < 4.78 is 6.39. The highest BCUT2D eigenvalue weighted by atomic mass is 79.9. The van der Waals surface area contributed by atoms with E-state index in [0.717, 1.165) is 35.7 Å². The monoisotopic (exact) mass is 487 g/mol. The molecule has 0 spiro atoms.